The zero-order chi connectivity index (χ0) is 14.8. The molecule has 1 N–H and O–H groups in total. The molecule has 1 fully saturated rings. The van der Waals surface area contributed by atoms with Gasteiger partial charge in [-0.05, 0) is 37.5 Å². The van der Waals surface area contributed by atoms with E-state index in [-0.39, 0.29) is 11.8 Å². The van der Waals surface area contributed by atoms with E-state index < -0.39 is 0 Å². The first-order valence-corrected chi connectivity index (χ1v) is 7.52. The summed E-state index contributed by atoms with van der Waals surface area (Å²) in [4.78, 5) is 18.8. The van der Waals surface area contributed by atoms with Gasteiger partial charge in [0.25, 0.3) is 0 Å². The molecule has 3 rings (SSSR count). The molecule has 0 unspecified atom stereocenters. The first kappa shape index (κ1) is 13.9. The summed E-state index contributed by atoms with van der Waals surface area (Å²) in [5, 5.41) is 3.96. The van der Waals surface area contributed by atoms with Crippen LogP contribution < -0.4 is 10.2 Å². The maximum Gasteiger partial charge on any atom is 0.222 e. The Hall–Kier alpha value is -2.10. The molecule has 2 aromatic rings. The molecule has 1 amide bonds. The monoisotopic (exact) mass is 283 g/mol. The fourth-order valence-corrected chi connectivity index (χ4v) is 3.07. The van der Waals surface area contributed by atoms with Crippen molar-refractivity contribution in [2.75, 3.05) is 25.0 Å². The van der Waals surface area contributed by atoms with Gasteiger partial charge in [0.05, 0.1) is 5.52 Å². The molecule has 0 aliphatic carbocycles. The molecule has 2 heterocycles. The maximum atomic E-state index is 11.7. The summed E-state index contributed by atoms with van der Waals surface area (Å²) in [7, 11) is 1.71. The van der Waals surface area contributed by atoms with Gasteiger partial charge in [0.15, 0.2) is 0 Å². The van der Waals surface area contributed by atoms with Crippen LogP contribution in [0, 0.1) is 12.8 Å². The van der Waals surface area contributed by atoms with Crippen molar-refractivity contribution in [3.8, 4) is 0 Å². The summed E-state index contributed by atoms with van der Waals surface area (Å²) in [5.41, 5.74) is 2.30. The van der Waals surface area contributed by atoms with E-state index in [9.17, 15) is 4.79 Å². The standard InChI is InChI=1S/C17H21N3O/c1-12-11-16(19-15-6-4-3-5-14(12)15)20-9-7-13(8-10-20)17(21)18-2/h3-6,11,13H,7-10H2,1-2H3,(H,18,21). The Morgan fingerprint density at radius 1 is 1.29 bits per heavy atom. The number of pyridine rings is 1. The number of rotatable bonds is 2. The molecule has 4 heteroatoms. The number of aryl methyl sites for hydroxylation is 1. The number of hydrogen-bond donors (Lipinski definition) is 1. The number of nitrogens with one attached hydrogen (secondary N) is 1. The lowest BCUT2D eigenvalue weighted by Crippen LogP contribution is -2.39. The quantitative estimate of drug-likeness (QED) is 0.921. The minimum absolute atomic E-state index is 0.146. The molecule has 1 aromatic heterocycles. The summed E-state index contributed by atoms with van der Waals surface area (Å²) >= 11 is 0. The minimum Gasteiger partial charge on any atom is -0.359 e. The van der Waals surface area contributed by atoms with Crippen molar-refractivity contribution < 1.29 is 4.79 Å². The van der Waals surface area contributed by atoms with Crippen LogP contribution in [0.4, 0.5) is 5.82 Å². The molecule has 0 saturated carbocycles. The maximum absolute atomic E-state index is 11.7. The SMILES string of the molecule is CNC(=O)C1CCN(c2cc(C)c3ccccc3n2)CC1. The highest BCUT2D eigenvalue weighted by Gasteiger charge is 2.25. The van der Waals surface area contributed by atoms with Gasteiger partial charge < -0.3 is 10.2 Å². The number of fused-ring (bicyclic) bond motifs is 1. The lowest BCUT2D eigenvalue weighted by atomic mass is 9.96. The first-order valence-electron chi connectivity index (χ1n) is 7.52. The zero-order valence-corrected chi connectivity index (χ0v) is 12.6. The van der Waals surface area contributed by atoms with Gasteiger partial charge in [-0.25, -0.2) is 4.98 Å². The van der Waals surface area contributed by atoms with E-state index in [0.29, 0.717) is 0 Å². The lowest BCUT2D eigenvalue weighted by Gasteiger charge is -2.32. The summed E-state index contributed by atoms with van der Waals surface area (Å²) < 4.78 is 0. The van der Waals surface area contributed by atoms with Crippen LogP contribution in [0.2, 0.25) is 0 Å². The second-order valence-electron chi connectivity index (χ2n) is 5.69. The van der Waals surface area contributed by atoms with Gasteiger partial charge in [0, 0.05) is 31.4 Å². The van der Waals surface area contributed by atoms with E-state index in [2.05, 4.69) is 35.3 Å². The van der Waals surface area contributed by atoms with Crippen molar-refractivity contribution >= 4 is 22.6 Å². The summed E-state index contributed by atoms with van der Waals surface area (Å²) in [6, 6.07) is 10.4. The number of amides is 1. The van der Waals surface area contributed by atoms with E-state index in [1.54, 1.807) is 7.05 Å². The van der Waals surface area contributed by atoms with Crippen molar-refractivity contribution in [1.29, 1.82) is 0 Å². The highest BCUT2D eigenvalue weighted by Crippen LogP contribution is 2.26. The van der Waals surface area contributed by atoms with Gasteiger partial charge in [-0.2, -0.15) is 0 Å². The summed E-state index contributed by atoms with van der Waals surface area (Å²) in [5.74, 6) is 1.34. The number of carbonyl (C=O) groups excluding carboxylic acids is 1. The number of piperidine rings is 1. The molecule has 1 aliphatic heterocycles. The Labute approximate surface area is 125 Å². The van der Waals surface area contributed by atoms with Crippen LogP contribution >= 0.6 is 0 Å². The molecule has 0 spiro atoms. The van der Waals surface area contributed by atoms with Crippen LogP contribution in [0.3, 0.4) is 0 Å². The number of para-hydroxylation sites is 1. The molecule has 110 valence electrons. The number of aromatic nitrogens is 1. The molecular weight excluding hydrogens is 262 g/mol. The van der Waals surface area contributed by atoms with Gasteiger partial charge >= 0.3 is 0 Å². The van der Waals surface area contributed by atoms with Gasteiger partial charge in [0.1, 0.15) is 5.82 Å². The number of nitrogens with zero attached hydrogens (tertiary/aromatic N) is 2. The Bertz CT molecular complexity index is 660. The molecule has 1 aromatic carbocycles. The average molecular weight is 283 g/mol. The molecule has 21 heavy (non-hydrogen) atoms. The fraction of sp³-hybridized carbons (Fsp3) is 0.412. The van der Waals surface area contributed by atoms with Crippen molar-refractivity contribution in [2.45, 2.75) is 19.8 Å². The third-order valence-corrected chi connectivity index (χ3v) is 4.35. The number of carbonyl (C=O) groups is 1. The van der Waals surface area contributed by atoms with E-state index in [0.717, 1.165) is 37.3 Å². The first-order chi connectivity index (χ1) is 10.2. The van der Waals surface area contributed by atoms with Crippen LogP contribution in [0.15, 0.2) is 30.3 Å². The van der Waals surface area contributed by atoms with E-state index >= 15 is 0 Å². The molecule has 1 aliphatic rings. The predicted octanol–water partition coefficient (Wildman–Crippen LogP) is 2.51. The largest absolute Gasteiger partial charge is 0.359 e. The van der Waals surface area contributed by atoms with Gasteiger partial charge in [-0.3, -0.25) is 4.79 Å². The Morgan fingerprint density at radius 3 is 2.71 bits per heavy atom. The molecule has 0 atom stereocenters. The summed E-state index contributed by atoms with van der Waals surface area (Å²) in [6.45, 7) is 3.91. The van der Waals surface area contributed by atoms with Crippen molar-refractivity contribution in [3.05, 3.63) is 35.9 Å². The van der Waals surface area contributed by atoms with Crippen LogP contribution in [-0.2, 0) is 4.79 Å². The van der Waals surface area contributed by atoms with Crippen LogP contribution in [0.25, 0.3) is 10.9 Å². The number of anilines is 1. The highest BCUT2D eigenvalue weighted by molar-refractivity contribution is 5.84. The predicted molar refractivity (Wildman–Crippen MR) is 85.5 cm³/mol. The van der Waals surface area contributed by atoms with Gasteiger partial charge in [-0.15, -0.1) is 0 Å². The van der Waals surface area contributed by atoms with Crippen molar-refractivity contribution in [2.24, 2.45) is 5.92 Å². The Kier molecular flexibility index (Phi) is 3.78. The van der Waals surface area contributed by atoms with Crippen LogP contribution in [-0.4, -0.2) is 31.0 Å². The average Bonchev–Trinajstić information content (AvgIpc) is 2.54. The smallest absolute Gasteiger partial charge is 0.222 e. The van der Waals surface area contributed by atoms with Crippen molar-refractivity contribution in [1.82, 2.24) is 10.3 Å². The van der Waals surface area contributed by atoms with E-state index in [1.165, 1.54) is 10.9 Å². The minimum atomic E-state index is 0.146. The molecule has 0 bridgehead atoms. The zero-order valence-electron chi connectivity index (χ0n) is 12.6. The van der Waals surface area contributed by atoms with E-state index in [1.807, 2.05) is 12.1 Å². The Morgan fingerprint density at radius 2 is 2.00 bits per heavy atom. The molecule has 4 nitrogen and oxygen atoms in total. The Balaban J connectivity index is 1.81. The van der Waals surface area contributed by atoms with Crippen LogP contribution in [0.5, 0.6) is 0 Å². The van der Waals surface area contributed by atoms with Gasteiger partial charge in [-0.1, -0.05) is 18.2 Å². The third-order valence-electron chi connectivity index (χ3n) is 4.35. The molecular formula is C17H21N3O. The normalized spacial score (nSPS) is 16.2. The second kappa shape index (κ2) is 5.72. The topological polar surface area (TPSA) is 45.2 Å². The molecule has 0 radical (unpaired) electrons. The van der Waals surface area contributed by atoms with Crippen LogP contribution in [0.1, 0.15) is 18.4 Å². The third kappa shape index (κ3) is 2.71. The summed E-state index contributed by atoms with van der Waals surface area (Å²) in [6.07, 6.45) is 1.79. The van der Waals surface area contributed by atoms with Crippen molar-refractivity contribution in [3.63, 3.8) is 0 Å². The molecule has 1 saturated heterocycles. The number of hydrogen-bond acceptors (Lipinski definition) is 3. The fourth-order valence-electron chi connectivity index (χ4n) is 3.07. The second-order valence-corrected chi connectivity index (χ2v) is 5.69. The number of benzene rings is 1. The highest BCUT2D eigenvalue weighted by atomic mass is 16.1. The van der Waals surface area contributed by atoms with Gasteiger partial charge in [0.2, 0.25) is 5.91 Å². The lowest BCUT2D eigenvalue weighted by molar-refractivity contribution is -0.125. The van der Waals surface area contributed by atoms with E-state index in [4.69, 9.17) is 4.98 Å².